The SMILES string of the molecule is Cc1ccc(S(=O)(=O)Cc2cccc(F)c2Br)c(N)c1. The molecule has 0 aliphatic rings. The van der Waals surface area contributed by atoms with E-state index in [4.69, 9.17) is 5.73 Å². The highest BCUT2D eigenvalue weighted by atomic mass is 79.9. The van der Waals surface area contributed by atoms with Crippen LogP contribution >= 0.6 is 15.9 Å². The van der Waals surface area contributed by atoms with E-state index in [2.05, 4.69) is 15.9 Å². The predicted octanol–water partition coefficient (Wildman–Crippen LogP) is 3.45. The molecule has 0 saturated heterocycles. The van der Waals surface area contributed by atoms with Crippen molar-refractivity contribution in [1.29, 1.82) is 0 Å². The Labute approximate surface area is 125 Å². The first-order valence-corrected chi connectivity index (χ1v) is 8.27. The van der Waals surface area contributed by atoms with Gasteiger partial charge in [-0.05, 0) is 52.2 Å². The number of sulfone groups is 1. The quantitative estimate of drug-likeness (QED) is 0.855. The molecule has 2 aromatic carbocycles. The van der Waals surface area contributed by atoms with Crippen LogP contribution in [0.4, 0.5) is 10.1 Å². The maximum atomic E-state index is 13.4. The highest BCUT2D eigenvalue weighted by Gasteiger charge is 2.20. The maximum Gasteiger partial charge on any atom is 0.184 e. The predicted molar refractivity (Wildman–Crippen MR) is 80.6 cm³/mol. The van der Waals surface area contributed by atoms with Crippen molar-refractivity contribution in [1.82, 2.24) is 0 Å². The van der Waals surface area contributed by atoms with Gasteiger partial charge in [0.05, 0.1) is 20.8 Å². The molecule has 0 bridgehead atoms. The van der Waals surface area contributed by atoms with E-state index in [0.717, 1.165) is 5.56 Å². The lowest BCUT2D eigenvalue weighted by Crippen LogP contribution is -2.09. The molecule has 0 aromatic heterocycles. The fourth-order valence-electron chi connectivity index (χ4n) is 1.89. The molecule has 6 heteroatoms. The summed E-state index contributed by atoms with van der Waals surface area (Å²) in [5, 5.41) is 0. The Morgan fingerprint density at radius 1 is 1.25 bits per heavy atom. The van der Waals surface area contributed by atoms with Gasteiger partial charge < -0.3 is 5.73 Å². The van der Waals surface area contributed by atoms with Crippen LogP contribution in [0.15, 0.2) is 45.8 Å². The van der Waals surface area contributed by atoms with E-state index in [1.54, 1.807) is 18.2 Å². The van der Waals surface area contributed by atoms with Crippen molar-refractivity contribution < 1.29 is 12.8 Å². The normalized spacial score (nSPS) is 11.6. The number of nitrogen functional groups attached to an aromatic ring is 1. The molecule has 0 unspecified atom stereocenters. The molecule has 0 saturated carbocycles. The standard InChI is InChI=1S/C14H13BrFNO2S/c1-9-5-6-13(12(17)7-9)20(18,19)8-10-3-2-4-11(16)14(10)15/h2-7H,8,17H2,1H3. The van der Waals surface area contributed by atoms with Gasteiger partial charge in [-0.25, -0.2) is 12.8 Å². The molecule has 0 fully saturated rings. The van der Waals surface area contributed by atoms with E-state index >= 15 is 0 Å². The van der Waals surface area contributed by atoms with Crippen molar-refractivity contribution in [3.63, 3.8) is 0 Å². The van der Waals surface area contributed by atoms with Crippen molar-refractivity contribution in [2.24, 2.45) is 0 Å². The van der Waals surface area contributed by atoms with E-state index in [1.165, 1.54) is 18.2 Å². The average molecular weight is 358 g/mol. The first kappa shape index (κ1) is 15.0. The number of rotatable bonds is 3. The Kier molecular flexibility index (Phi) is 4.15. The molecule has 0 aliphatic carbocycles. The Morgan fingerprint density at radius 3 is 2.60 bits per heavy atom. The molecule has 0 atom stereocenters. The molecule has 3 nitrogen and oxygen atoms in total. The van der Waals surface area contributed by atoms with E-state index in [-0.39, 0.29) is 20.8 Å². The number of nitrogens with two attached hydrogens (primary N) is 1. The smallest absolute Gasteiger partial charge is 0.184 e. The summed E-state index contributed by atoms with van der Waals surface area (Å²) in [4.78, 5) is 0.0688. The van der Waals surface area contributed by atoms with Crippen molar-refractivity contribution in [2.45, 2.75) is 17.6 Å². The Bertz CT molecular complexity index is 760. The van der Waals surface area contributed by atoms with Crippen molar-refractivity contribution in [2.75, 3.05) is 5.73 Å². The van der Waals surface area contributed by atoms with Gasteiger partial charge >= 0.3 is 0 Å². The van der Waals surface area contributed by atoms with E-state index in [0.29, 0.717) is 5.56 Å². The third-order valence-corrected chi connectivity index (χ3v) is 5.50. The number of hydrogen-bond acceptors (Lipinski definition) is 3. The summed E-state index contributed by atoms with van der Waals surface area (Å²) in [6, 6.07) is 9.07. The largest absolute Gasteiger partial charge is 0.398 e. The minimum atomic E-state index is -3.62. The van der Waals surface area contributed by atoms with Crippen LogP contribution in [0.3, 0.4) is 0 Å². The molecule has 2 rings (SSSR count). The van der Waals surface area contributed by atoms with Gasteiger partial charge in [0.1, 0.15) is 5.82 Å². The molecule has 2 N–H and O–H groups in total. The summed E-state index contributed by atoms with van der Waals surface area (Å²) in [5.41, 5.74) is 7.22. The van der Waals surface area contributed by atoms with Crippen LogP contribution in [0.5, 0.6) is 0 Å². The fourth-order valence-corrected chi connectivity index (χ4v) is 3.98. The van der Waals surface area contributed by atoms with E-state index in [1.807, 2.05) is 6.92 Å². The number of benzene rings is 2. The van der Waals surface area contributed by atoms with Crippen molar-refractivity contribution in [3.05, 3.63) is 57.8 Å². The summed E-state index contributed by atoms with van der Waals surface area (Å²) >= 11 is 3.06. The summed E-state index contributed by atoms with van der Waals surface area (Å²) in [7, 11) is -3.62. The molecule has 106 valence electrons. The minimum Gasteiger partial charge on any atom is -0.398 e. The number of aryl methyl sites for hydroxylation is 1. The lowest BCUT2D eigenvalue weighted by molar-refractivity contribution is 0.594. The van der Waals surface area contributed by atoms with E-state index in [9.17, 15) is 12.8 Å². The molecule has 2 aromatic rings. The zero-order chi connectivity index (χ0) is 14.9. The molecule has 0 aliphatic heterocycles. The Balaban J connectivity index is 2.44. The van der Waals surface area contributed by atoms with Crippen molar-refractivity contribution >= 4 is 31.5 Å². The first-order valence-electron chi connectivity index (χ1n) is 5.83. The molecule has 0 amide bonds. The Hall–Kier alpha value is -1.40. The third-order valence-electron chi connectivity index (χ3n) is 2.88. The second-order valence-electron chi connectivity index (χ2n) is 4.51. The number of halogens is 2. The monoisotopic (exact) mass is 357 g/mol. The second-order valence-corrected chi connectivity index (χ2v) is 7.26. The highest BCUT2D eigenvalue weighted by Crippen LogP contribution is 2.27. The van der Waals surface area contributed by atoms with Crippen LogP contribution < -0.4 is 5.73 Å². The number of anilines is 1. The maximum absolute atomic E-state index is 13.4. The van der Waals surface area contributed by atoms with Gasteiger partial charge in [0, 0.05) is 0 Å². The molecule has 0 heterocycles. The average Bonchev–Trinajstić information content (AvgIpc) is 2.34. The van der Waals surface area contributed by atoms with Crippen LogP contribution in [0.2, 0.25) is 0 Å². The minimum absolute atomic E-state index is 0.0688. The lowest BCUT2D eigenvalue weighted by Gasteiger charge is -2.10. The van der Waals surface area contributed by atoms with E-state index < -0.39 is 15.7 Å². The summed E-state index contributed by atoms with van der Waals surface area (Å²) in [5.74, 6) is -0.798. The highest BCUT2D eigenvalue weighted by molar-refractivity contribution is 9.10. The van der Waals surface area contributed by atoms with Crippen LogP contribution in [-0.2, 0) is 15.6 Å². The number of hydrogen-bond donors (Lipinski definition) is 1. The van der Waals surface area contributed by atoms with Crippen LogP contribution in [0, 0.1) is 12.7 Å². The summed E-state index contributed by atoms with van der Waals surface area (Å²) in [6.07, 6.45) is 0. The fraction of sp³-hybridized carbons (Fsp3) is 0.143. The summed E-state index contributed by atoms with van der Waals surface area (Å²) < 4.78 is 38.3. The van der Waals surface area contributed by atoms with Crippen LogP contribution in [-0.4, -0.2) is 8.42 Å². The second kappa shape index (κ2) is 5.54. The third kappa shape index (κ3) is 3.02. The topological polar surface area (TPSA) is 60.2 Å². The van der Waals surface area contributed by atoms with Crippen LogP contribution in [0.25, 0.3) is 0 Å². The van der Waals surface area contributed by atoms with Gasteiger partial charge in [0.15, 0.2) is 9.84 Å². The van der Waals surface area contributed by atoms with Gasteiger partial charge in [0.25, 0.3) is 0 Å². The molecule has 0 radical (unpaired) electrons. The zero-order valence-electron chi connectivity index (χ0n) is 10.7. The van der Waals surface area contributed by atoms with Gasteiger partial charge in [-0.2, -0.15) is 0 Å². The van der Waals surface area contributed by atoms with Gasteiger partial charge in [0.2, 0.25) is 0 Å². The Morgan fingerprint density at radius 2 is 1.95 bits per heavy atom. The molecule has 20 heavy (non-hydrogen) atoms. The summed E-state index contributed by atoms with van der Waals surface area (Å²) in [6.45, 7) is 1.83. The lowest BCUT2D eigenvalue weighted by atomic mass is 10.2. The van der Waals surface area contributed by atoms with Crippen molar-refractivity contribution in [3.8, 4) is 0 Å². The molecular formula is C14H13BrFNO2S. The van der Waals surface area contributed by atoms with Gasteiger partial charge in [-0.15, -0.1) is 0 Å². The van der Waals surface area contributed by atoms with Crippen LogP contribution in [0.1, 0.15) is 11.1 Å². The van der Waals surface area contributed by atoms with Gasteiger partial charge in [-0.3, -0.25) is 0 Å². The zero-order valence-corrected chi connectivity index (χ0v) is 13.1. The first-order chi connectivity index (χ1) is 9.31. The molecule has 0 spiro atoms. The molecular weight excluding hydrogens is 345 g/mol. The van der Waals surface area contributed by atoms with Gasteiger partial charge in [-0.1, -0.05) is 18.2 Å².